The van der Waals surface area contributed by atoms with Crippen LogP contribution in [0.2, 0.25) is 0 Å². The molecule has 0 aliphatic heterocycles. The van der Waals surface area contributed by atoms with Crippen LogP contribution in [0.25, 0.3) is 0 Å². The summed E-state index contributed by atoms with van der Waals surface area (Å²) in [6.45, 7) is 2.91. The Hall–Kier alpha value is -2.47. The molecule has 1 aromatic heterocycles. The van der Waals surface area contributed by atoms with E-state index < -0.39 is 0 Å². The monoisotopic (exact) mass is 286 g/mol. The lowest BCUT2D eigenvalue weighted by Crippen LogP contribution is -2.27. The van der Waals surface area contributed by atoms with Crippen LogP contribution in [0.1, 0.15) is 16.1 Å². The molecule has 0 aliphatic carbocycles. The van der Waals surface area contributed by atoms with Crippen LogP contribution in [-0.4, -0.2) is 36.1 Å². The van der Waals surface area contributed by atoms with Crippen LogP contribution in [0.4, 0.5) is 11.5 Å². The number of hydrogen-bond donors (Lipinski definition) is 2. The van der Waals surface area contributed by atoms with Crippen LogP contribution < -0.4 is 10.6 Å². The number of aromatic nitrogens is 2. The summed E-state index contributed by atoms with van der Waals surface area (Å²) >= 11 is 0. The second-order valence-electron chi connectivity index (χ2n) is 4.48. The van der Waals surface area contributed by atoms with Crippen molar-refractivity contribution in [3.8, 4) is 0 Å². The summed E-state index contributed by atoms with van der Waals surface area (Å²) in [5, 5.41) is 5.90. The van der Waals surface area contributed by atoms with E-state index in [0.717, 1.165) is 11.3 Å². The number of hydrogen-bond acceptors (Lipinski definition) is 5. The van der Waals surface area contributed by atoms with Crippen LogP contribution in [0.5, 0.6) is 0 Å². The predicted molar refractivity (Wildman–Crippen MR) is 80.7 cm³/mol. The Balaban J connectivity index is 2.07. The number of anilines is 2. The molecular formula is C15H18N4O2. The van der Waals surface area contributed by atoms with Crippen molar-refractivity contribution in [1.29, 1.82) is 0 Å². The molecule has 2 rings (SSSR count). The van der Waals surface area contributed by atoms with Gasteiger partial charge in [-0.25, -0.2) is 9.97 Å². The minimum atomic E-state index is -0.248. The van der Waals surface area contributed by atoms with E-state index in [4.69, 9.17) is 4.74 Å². The van der Waals surface area contributed by atoms with E-state index in [-0.39, 0.29) is 5.91 Å². The Morgan fingerprint density at radius 3 is 2.86 bits per heavy atom. The van der Waals surface area contributed by atoms with E-state index in [1.165, 1.54) is 6.33 Å². The maximum Gasteiger partial charge on any atom is 0.270 e. The van der Waals surface area contributed by atoms with Gasteiger partial charge in [0.1, 0.15) is 17.8 Å². The summed E-state index contributed by atoms with van der Waals surface area (Å²) in [7, 11) is 1.58. The molecule has 6 nitrogen and oxygen atoms in total. The second-order valence-corrected chi connectivity index (χ2v) is 4.48. The number of carbonyl (C=O) groups is 1. The highest BCUT2D eigenvalue weighted by atomic mass is 16.5. The second kappa shape index (κ2) is 7.35. The number of para-hydroxylation sites is 1. The lowest BCUT2D eigenvalue weighted by molar-refractivity contribution is 0.0932. The fraction of sp³-hybridized carbons (Fsp3) is 0.267. The van der Waals surface area contributed by atoms with Gasteiger partial charge in [-0.15, -0.1) is 0 Å². The summed E-state index contributed by atoms with van der Waals surface area (Å²) in [6, 6.07) is 9.48. The first kappa shape index (κ1) is 14.9. The van der Waals surface area contributed by atoms with Crippen molar-refractivity contribution >= 4 is 17.4 Å². The van der Waals surface area contributed by atoms with E-state index in [1.807, 2.05) is 31.2 Å². The van der Waals surface area contributed by atoms with Gasteiger partial charge in [0, 0.05) is 25.4 Å². The Bertz CT molecular complexity index is 616. The molecule has 0 unspecified atom stereocenters. The van der Waals surface area contributed by atoms with Crippen molar-refractivity contribution in [3.63, 3.8) is 0 Å². The molecule has 0 radical (unpaired) electrons. The molecular weight excluding hydrogens is 268 g/mol. The zero-order valence-corrected chi connectivity index (χ0v) is 12.1. The van der Waals surface area contributed by atoms with Crippen molar-refractivity contribution in [3.05, 3.63) is 47.9 Å². The topological polar surface area (TPSA) is 76.1 Å². The van der Waals surface area contributed by atoms with Gasteiger partial charge in [-0.3, -0.25) is 4.79 Å². The number of rotatable bonds is 6. The number of nitrogens with zero attached hydrogens (tertiary/aromatic N) is 2. The van der Waals surface area contributed by atoms with Crippen LogP contribution in [0.15, 0.2) is 36.7 Å². The van der Waals surface area contributed by atoms with E-state index in [0.29, 0.717) is 24.7 Å². The third-order valence-electron chi connectivity index (χ3n) is 2.90. The van der Waals surface area contributed by atoms with Gasteiger partial charge in [-0.2, -0.15) is 0 Å². The van der Waals surface area contributed by atoms with Gasteiger partial charge in [0.15, 0.2) is 0 Å². The van der Waals surface area contributed by atoms with E-state index in [9.17, 15) is 4.79 Å². The molecule has 0 fully saturated rings. The lowest BCUT2D eigenvalue weighted by Gasteiger charge is -2.09. The van der Waals surface area contributed by atoms with Crippen LogP contribution in [0.3, 0.4) is 0 Å². The minimum absolute atomic E-state index is 0.248. The van der Waals surface area contributed by atoms with Gasteiger partial charge in [-0.1, -0.05) is 18.2 Å². The van der Waals surface area contributed by atoms with E-state index in [1.54, 1.807) is 13.2 Å². The number of methoxy groups -OCH3 is 1. The fourth-order valence-electron chi connectivity index (χ4n) is 1.76. The molecule has 0 spiro atoms. The summed E-state index contributed by atoms with van der Waals surface area (Å²) in [5.74, 6) is 0.332. The quantitative estimate of drug-likeness (QED) is 0.793. The third kappa shape index (κ3) is 4.25. The van der Waals surface area contributed by atoms with Gasteiger partial charge in [0.25, 0.3) is 5.91 Å². The first-order valence-electron chi connectivity index (χ1n) is 6.62. The molecule has 0 saturated carbocycles. The van der Waals surface area contributed by atoms with Crippen molar-refractivity contribution in [2.75, 3.05) is 25.6 Å². The molecule has 1 amide bonds. The molecule has 110 valence electrons. The normalized spacial score (nSPS) is 10.2. The molecule has 0 saturated heterocycles. The predicted octanol–water partition coefficient (Wildman–Crippen LogP) is 1.90. The zero-order valence-electron chi connectivity index (χ0n) is 12.1. The minimum Gasteiger partial charge on any atom is -0.383 e. The van der Waals surface area contributed by atoms with Gasteiger partial charge in [0.2, 0.25) is 0 Å². The molecule has 21 heavy (non-hydrogen) atoms. The van der Waals surface area contributed by atoms with Crippen molar-refractivity contribution in [2.24, 2.45) is 0 Å². The Morgan fingerprint density at radius 2 is 2.10 bits per heavy atom. The average Bonchev–Trinajstić information content (AvgIpc) is 2.50. The molecule has 2 aromatic rings. The summed E-state index contributed by atoms with van der Waals surface area (Å²) < 4.78 is 4.88. The van der Waals surface area contributed by atoms with E-state index in [2.05, 4.69) is 20.6 Å². The molecule has 1 heterocycles. The van der Waals surface area contributed by atoms with Crippen molar-refractivity contribution in [1.82, 2.24) is 15.3 Å². The number of ether oxygens (including phenoxy) is 1. The standard InChI is InChI=1S/C15H18N4O2/c1-11-5-3-4-6-12(11)19-14-9-13(17-10-18-14)15(20)16-7-8-21-2/h3-6,9-10H,7-8H2,1-2H3,(H,16,20)(H,17,18,19). The van der Waals surface area contributed by atoms with Gasteiger partial charge in [-0.05, 0) is 18.6 Å². The Kier molecular flexibility index (Phi) is 5.22. The van der Waals surface area contributed by atoms with Crippen molar-refractivity contribution in [2.45, 2.75) is 6.92 Å². The number of benzene rings is 1. The summed E-state index contributed by atoms with van der Waals surface area (Å²) in [5.41, 5.74) is 2.36. The average molecular weight is 286 g/mol. The van der Waals surface area contributed by atoms with Gasteiger partial charge < -0.3 is 15.4 Å². The first-order chi connectivity index (χ1) is 10.2. The smallest absolute Gasteiger partial charge is 0.270 e. The molecule has 6 heteroatoms. The van der Waals surface area contributed by atoms with Crippen molar-refractivity contribution < 1.29 is 9.53 Å². The first-order valence-corrected chi connectivity index (χ1v) is 6.62. The number of nitrogens with one attached hydrogen (secondary N) is 2. The highest BCUT2D eigenvalue weighted by Crippen LogP contribution is 2.18. The highest BCUT2D eigenvalue weighted by molar-refractivity contribution is 5.92. The molecule has 0 aliphatic rings. The number of aryl methyl sites for hydroxylation is 1. The molecule has 2 N–H and O–H groups in total. The Labute approximate surface area is 123 Å². The van der Waals surface area contributed by atoms with Crippen LogP contribution in [-0.2, 0) is 4.74 Å². The molecule has 0 atom stereocenters. The molecule has 1 aromatic carbocycles. The highest BCUT2D eigenvalue weighted by Gasteiger charge is 2.08. The van der Waals surface area contributed by atoms with Crippen LogP contribution >= 0.6 is 0 Å². The van der Waals surface area contributed by atoms with Gasteiger partial charge in [0.05, 0.1) is 6.61 Å². The maximum absolute atomic E-state index is 11.9. The van der Waals surface area contributed by atoms with Crippen LogP contribution in [0, 0.1) is 6.92 Å². The molecule has 0 bridgehead atoms. The lowest BCUT2D eigenvalue weighted by atomic mass is 10.2. The zero-order chi connectivity index (χ0) is 15.1. The largest absolute Gasteiger partial charge is 0.383 e. The third-order valence-corrected chi connectivity index (χ3v) is 2.90. The SMILES string of the molecule is COCCNC(=O)c1cc(Nc2ccccc2C)ncn1. The fourth-order valence-corrected chi connectivity index (χ4v) is 1.76. The summed E-state index contributed by atoms with van der Waals surface area (Å²) in [4.78, 5) is 20.0. The summed E-state index contributed by atoms with van der Waals surface area (Å²) in [6.07, 6.45) is 1.37. The maximum atomic E-state index is 11.9. The Morgan fingerprint density at radius 1 is 1.29 bits per heavy atom. The van der Waals surface area contributed by atoms with E-state index >= 15 is 0 Å². The van der Waals surface area contributed by atoms with Gasteiger partial charge >= 0.3 is 0 Å². The number of carbonyl (C=O) groups excluding carboxylic acids is 1. The number of amides is 1.